The number of Topliss-reactive ketones (excluding diaryl/α,β-unsaturated/α-hetero) is 1. The molecule has 0 aliphatic carbocycles. The Morgan fingerprint density at radius 2 is 1.76 bits per heavy atom. The molecule has 2 aromatic carbocycles. The van der Waals surface area contributed by atoms with Gasteiger partial charge in [-0.2, -0.15) is 0 Å². The first-order chi connectivity index (χ1) is 12.2. The van der Waals surface area contributed by atoms with Gasteiger partial charge in [-0.25, -0.2) is 0 Å². The molecule has 130 valence electrons. The zero-order chi connectivity index (χ0) is 17.9. The molecule has 0 unspecified atom stereocenters. The summed E-state index contributed by atoms with van der Waals surface area (Å²) < 4.78 is 5.15. The highest BCUT2D eigenvalue weighted by Crippen LogP contribution is 2.19. The van der Waals surface area contributed by atoms with Crippen LogP contribution in [0.15, 0.2) is 54.6 Å². The first-order valence-corrected chi connectivity index (χ1v) is 8.96. The minimum Gasteiger partial charge on any atom is -0.497 e. The topological polar surface area (TPSA) is 26.3 Å². The Balaban J connectivity index is 2.06. The molecule has 0 bridgehead atoms. The predicted molar refractivity (Wildman–Crippen MR) is 103 cm³/mol. The number of ether oxygens (including phenoxy) is 1. The van der Waals surface area contributed by atoms with E-state index in [2.05, 4.69) is 18.8 Å². The van der Waals surface area contributed by atoms with Crippen molar-refractivity contribution in [1.29, 1.82) is 0 Å². The summed E-state index contributed by atoms with van der Waals surface area (Å²) >= 11 is 0. The van der Waals surface area contributed by atoms with Crippen LogP contribution in [-0.2, 0) is 0 Å². The first kappa shape index (κ1) is 18.8. The van der Waals surface area contributed by atoms with Crippen molar-refractivity contribution in [3.05, 3.63) is 65.7 Å². The van der Waals surface area contributed by atoms with Crippen molar-refractivity contribution < 1.29 is 9.53 Å². The lowest BCUT2D eigenvalue weighted by Crippen LogP contribution is -2.08. The Hall–Kier alpha value is -2.53. The van der Waals surface area contributed by atoms with Crippen LogP contribution in [0.1, 0.15) is 54.9 Å². The van der Waals surface area contributed by atoms with Gasteiger partial charge in [0.15, 0.2) is 5.78 Å². The smallest absolute Gasteiger partial charge is 0.164 e. The summed E-state index contributed by atoms with van der Waals surface area (Å²) in [6.45, 7) is 2.19. The van der Waals surface area contributed by atoms with Crippen LogP contribution < -0.4 is 4.74 Å². The molecule has 0 radical (unpaired) electrons. The Bertz CT molecular complexity index is 705. The van der Waals surface area contributed by atoms with Crippen molar-refractivity contribution in [2.75, 3.05) is 7.11 Å². The first-order valence-electron chi connectivity index (χ1n) is 8.96. The SMILES string of the molecule is CCCCC[C@@H](C#Cc1ccccc1)CC(=O)c1ccc(OC)cc1. The van der Waals surface area contributed by atoms with E-state index in [0.717, 1.165) is 29.7 Å². The van der Waals surface area contributed by atoms with Crippen molar-refractivity contribution in [3.63, 3.8) is 0 Å². The maximum atomic E-state index is 12.6. The van der Waals surface area contributed by atoms with E-state index in [0.29, 0.717) is 6.42 Å². The predicted octanol–water partition coefficient (Wildman–Crippen LogP) is 5.52. The number of carbonyl (C=O) groups excluding carboxylic acids is 1. The molecule has 2 nitrogen and oxygen atoms in total. The third-order valence-corrected chi connectivity index (χ3v) is 4.19. The van der Waals surface area contributed by atoms with Crippen molar-refractivity contribution >= 4 is 5.78 Å². The van der Waals surface area contributed by atoms with Gasteiger partial charge in [-0.05, 0) is 42.8 Å². The molecule has 0 aliphatic heterocycles. The normalized spacial score (nSPS) is 11.3. The van der Waals surface area contributed by atoms with Gasteiger partial charge in [0.25, 0.3) is 0 Å². The molecular formula is C23H26O2. The lowest BCUT2D eigenvalue weighted by molar-refractivity contribution is 0.0968. The number of hydrogen-bond donors (Lipinski definition) is 0. The molecule has 0 aliphatic rings. The van der Waals surface area contributed by atoms with Crippen molar-refractivity contribution in [1.82, 2.24) is 0 Å². The van der Waals surface area contributed by atoms with E-state index in [9.17, 15) is 4.79 Å². The minimum absolute atomic E-state index is 0.0985. The number of benzene rings is 2. The Labute approximate surface area is 151 Å². The van der Waals surface area contributed by atoms with Gasteiger partial charge in [0, 0.05) is 23.5 Å². The molecule has 0 N–H and O–H groups in total. The molecule has 2 rings (SSSR count). The largest absolute Gasteiger partial charge is 0.497 e. The molecule has 0 heterocycles. The molecule has 0 amide bonds. The van der Waals surface area contributed by atoms with Gasteiger partial charge >= 0.3 is 0 Å². The minimum atomic E-state index is 0.0985. The standard InChI is InChI=1S/C23H26O2/c1-3-4-6-11-20(13-12-19-9-7-5-8-10-19)18-23(24)21-14-16-22(25-2)17-15-21/h5,7-10,14-17,20H,3-4,6,11,18H2,1-2H3/t20-/m0/s1. The molecular weight excluding hydrogens is 308 g/mol. The molecule has 0 saturated carbocycles. The van der Waals surface area contributed by atoms with Gasteiger partial charge in [-0.3, -0.25) is 4.79 Å². The average molecular weight is 334 g/mol. The van der Waals surface area contributed by atoms with Crippen LogP contribution in [0.25, 0.3) is 0 Å². The number of rotatable bonds is 8. The summed E-state index contributed by atoms with van der Waals surface area (Å²) in [4.78, 5) is 12.6. The summed E-state index contributed by atoms with van der Waals surface area (Å²) in [6, 6.07) is 17.3. The molecule has 25 heavy (non-hydrogen) atoms. The van der Waals surface area contributed by atoms with E-state index >= 15 is 0 Å². The van der Waals surface area contributed by atoms with Crippen LogP contribution in [0.5, 0.6) is 5.75 Å². The van der Waals surface area contributed by atoms with Crippen LogP contribution in [0, 0.1) is 17.8 Å². The Morgan fingerprint density at radius 1 is 1.04 bits per heavy atom. The number of ketones is 1. The van der Waals surface area contributed by atoms with Gasteiger partial charge in [-0.1, -0.05) is 56.2 Å². The Morgan fingerprint density at radius 3 is 2.40 bits per heavy atom. The zero-order valence-corrected chi connectivity index (χ0v) is 15.1. The fourth-order valence-corrected chi connectivity index (χ4v) is 2.69. The average Bonchev–Trinajstić information content (AvgIpc) is 2.67. The molecule has 0 spiro atoms. The van der Waals surface area contributed by atoms with Gasteiger partial charge in [0.1, 0.15) is 5.75 Å². The van der Waals surface area contributed by atoms with E-state index < -0.39 is 0 Å². The molecule has 0 fully saturated rings. The second-order valence-electron chi connectivity index (χ2n) is 6.18. The highest BCUT2D eigenvalue weighted by molar-refractivity contribution is 5.96. The van der Waals surface area contributed by atoms with Gasteiger partial charge in [-0.15, -0.1) is 0 Å². The van der Waals surface area contributed by atoms with Crippen molar-refractivity contribution in [2.45, 2.75) is 39.0 Å². The number of unbranched alkanes of at least 4 members (excludes halogenated alkanes) is 2. The van der Waals surface area contributed by atoms with Crippen LogP contribution in [0.3, 0.4) is 0 Å². The number of methoxy groups -OCH3 is 1. The van der Waals surface area contributed by atoms with Crippen LogP contribution in [0.2, 0.25) is 0 Å². The molecule has 0 aromatic heterocycles. The second kappa shape index (κ2) is 10.4. The zero-order valence-electron chi connectivity index (χ0n) is 15.1. The lowest BCUT2D eigenvalue weighted by atomic mass is 9.93. The summed E-state index contributed by atoms with van der Waals surface area (Å²) in [5, 5.41) is 0. The second-order valence-corrected chi connectivity index (χ2v) is 6.18. The third-order valence-electron chi connectivity index (χ3n) is 4.19. The lowest BCUT2D eigenvalue weighted by Gasteiger charge is -2.10. The van der Waals surface area contributed by atoms with Gasteiger partial charge < -0.3 is 4.74 Å². The number of carbonyl (C=O) groups is 1. The van der Waals surface area contributed by atoms with E-state index in [4.69, 9.17) is 4.74 Å². The fraction of sp³-hybridized carbons (Fsp3) is 0.348. The van der Waals surface area contributed by atoms with E-state index in [1.54, 1.807) is 7.11 Å². The highest BCUT2D eigenvalue weighted by atomic mass is 16.5. The number of hydrogen-bond acceptors (Lipinski definition) is 2. The van der Waals surface area contributed by atoms with E-state index in [1.165, 1.54) is 12.8 Å². The van der Waals surface area contributed by atoms with Gasteiger partial charge in [0.2, 0.25) is 0 Å². The summed E-state index contributed by atoms with van der Waals surface area (Å²) in [7, 11) is 1.62. The monoisotopic (exact) mass is 334 g/mol. The maximum absolute atomic E-state index is 12.6. The maximum Gasteiger partial charge on any atom is 0.164 e. The van der Waals surface area contributed by atoms with Gasteiger partial charge in [0.05, 0.1) is 7.11 Å². The summed E-state index contributed by atoms with van der Waals surface area (Å²) in [5.41, 5.74) is 1.72. The summed E-state index contributed by atoms with van der Waals surface area (Å²) in [6.07, 6.45) is 4.90. The van der Waals surface area contributed by atoms with E-state index in [1.807, 2.05) is 54.6 Å². The van der Waals surface area contributed by atoms with E-state index in [-0.39, 0.29) is 11.7 Å². The van der Waals surface area contributed by atoms with Crippen molar-refractivity contribution in [2.24, 2.45) is 5.92 Å². The van der Waals surface area contributed by atoms with Crippen LogP contribution in [-0.4, -0.2) is 12.9 Å². The fourth-order valence-electron chi connectivity index (χ4n) is 2.69. The molecule has 1 atom stereocenters. The Kier molecular flexibility index (Phi) is 7.79. The highest BCUT2D eigenvalue weighted by Gasteiger charge is 2.13. The summed E-state index contributed by atoms with van der Waals surface area (Å²) in [5.74, 6) is 7.55. The molecule has 2 heteroatoms. The molecule has 0 saturated heterocycles. The van der Waals surface area contributed by atoms with Crippen LogP contribution in [0.4, 0.5) is 0 Å². The quantitative estimate of drug-likeness (QED) is 0.361. The third kappa shape index (κ3) is 6.47. The molecule has 2 aromatic rings. The van der Waals surface area contributed by atoms with Crippen molar-refractivity contribution in [3.8, 4) is 17.6 Å². The van der Waals surface area contributed by atoms with Crippen LogP contribution >= 0.6 is 0 Å².